The van der Waals surface area contributed by atoms with E-state index in [9.17, 15) is 4.79 Å². The predicted molar refractivity (Wildman–Crippen MR) is 88.2 cm³/mol. The molecule has 0 radical (unpaired) electrons. The first kappa shape index (κ1) is 15.6. The number of hydrogen-bond acceptors (Lipinski definition) is 4. The van der Waals surface area contributed by atoms with Crippen molar-refractivity contribution in [3.63, 3.8) is 0 Å². The van der Waals surface area contributed by atoms with E-state index in [0.29, 0.717) is 13.2 Å². The van der Waals surface area contributed by atoms with E-state index in [1.165, 1.54) is 0 Å². The van der Waals surface area contributed by atoms with Crippen LogP contribution in [0.5, 0.6) is 5.75 Å². The zero-order valence-corrected chi connectivity index (χ0v) is 13.3. The number of aryl methyl sites for hydroxylation is 1. The molecule has 1 aliphatic rings. The van der Waals surface area contributed by atoms with E-state index in [0.717, 1.165) is 36.3 Å². The number of nitrogens with zero attached hydrogens (tertiary/aromatic N) is 2. The van der Waals surface area contributed by atoms with Gasteiger partial charge < -0.3 is 15.4 Å². The Morgan fingerprint density at radius 1 is 1.48 bits per heavy atom. The van der Waals surface area contributed by atoms with E-state index in [2.05, 4.69) is 15.7 Å². The second kappa shape index (κ2) is 7.28. The van der Waals surface area contributed by atoms with Crippen LogP contribution >= 0.6 is 0 Å². The van der Waals surface area contributed by atoms with Crippen LogP contribution < -0.4 is 15.4 Å². The van der Waals surface area contributed by atoms with E-state index in [1.54, 1.807) is 4.68 Å². The summed E-state index contributed by atoms with van der Waals surface area (Å²) in [5.74, 6) is 0.856. The third kappa shape index (κ3) is 4.10. The van der Waals surface area contributed by atoms with Gasteiger partial charge in [-0.05, 0) is 37.1 Å². The molecule has 0 bridgehead atoms. The van der Waals surface area contributed by atoms with Gasteiger partial charge >= 0.3 is 0 Å². The standard InChI is InChI=1S/C17H22N4O2/c1-21-12-14(11-20-21)13-4-2-5-15(10-13)23-9-8-19-17(22)16-6-3-7-18-16/h2,4-5,10-12,16,18H,3,6-9H2,1H3,(H,19,22)/t16-/m0/s1. The SMILES string of the molecule is Cn1cc(-c2cccc(OCCNC(=O)[C@@H]3CCCN3)c2)cn1. The molecule has 6 nitrogen and oxygen atoms in total. The van der Waals surface area contributed by atoms with Crippen LogP contribution in [0.1, 0.15) is 12.8 Å². The zero-order chi connectivity index (χ0) is 16.1. The lowest BCUT2D eigenvalue weighted by molar-refractivity contribution is -0.122. The highest BCUT2D eigenvalue weighted by Gasteiger charge is 2.21. The molecule has 1 atom stereocenters. The molecular formula is C17H22N4O2. The van der Waals surface area contributed by atoms with Gasteiger partial charge in [-0.3, -0.25) is 9.48 Å². The Kier molecular flexibility index (Phi) is 4.92. The maximum Gasteiger partial charge on any atom is 0.237 e. The van der Waals surface area contributed by atoms with Crippen molar-refractivity contribution >= 4 is 5.91 Å². The second-order valence-corrected chi connectivity index (χ2v) is 5.72. The molecule has 1 amide bonds. The number of hydrogen-bond donors (Lipinski definition) is 2. The topological polar surface area (TPSA) is 68.2 Å². The van der Waals surface area contributed by atoms with Gasteiger partial charge in [0.05, 0.1) is 18.8 Å². The van der Waals surface area contributed by atoms with E-state index in [1.807, 2.05) is 43.7 Å². The molecule has 0 unspecified atom stereocenters. The molecule has 0 spiro atoms. The Labute approximate surface area is 135 Å². The van der Waals surface area contributed by atoms with Crippen molar-refractivity contribution < 1.29 is 9.53 Å². The lowest BCUT2D eigenvalue weighted by atomic mass is 10.1. The van der Waals surface area contributed by atoms with Gasteiger partial charge in [0.1, 0.15) is 12.4 Å². The third-order valence-electron chi connectivity index (χ3n) is 3.92. The molecule has 1 aromatic carbocycles. The van der Waals surface area contributed by atoms with Gasteiger partial charge in [0.25, 0.3) is 0 Å². The van der Waals surface area contributed by atoms with Crippen LogP contribution in [0.2, 0.25) is 0 Å². The molecule has 122 valence electrons. The van der Waals surface area contributed by atoms with Gasteiger partial charge in [-0.1, -0.05) is 12.1 Å². The van der Waals surface area contributed by atoms with Crippen LogP contribution in [0, 0.1) is 0 Å². The highest BCUT2D eigenvalue weighted by Crippen LogP contribution is 2.23. The molecule has 1 aliphatic heterocycles. The summed E-state index contributed by atoms with van der Waals surface area (Å²) in [4.78, 5) is 11.9. The summed E-state index contributed by atoms with van der Waals surface area (Å²) in [5.41, 5.74) is 2.12. The molecule has 1 fully saturated rings. The minimum atomic E-state index is -0.0380. The molecule has 6 heteroatoms. The smallest absolute Gasteiger partial charge is 0.237 e. The minimum Gasteiger partial charge on any atom is -0.492 e. The average molecular weight is 314 g/mol. The Bertz CT molecular complexity index is 662. The fourth-order valence-electron chi connectivity index (χ4n) is 2.71. The second-order valence-electron chi connectivity index (χ2n) is 5.72. The van der Waals surface area contributed by atoms with Crippen molar-refractivity contribution in [1.29, 1.82) is 0 Å². The molecule has 0 saturated carbocycles. The molecule has 1 saturated heterocycles. The van der Waals surface area contributed by atoms with Crippen LogP contribution in [0.25, 0.3) is 11.1 Å². The van der Waals surface area contributed by atoms with Crippen LogP contribution in [-0.2, 0) is 11.8 Å². The fourth-order valence-corrected chi connectivity index (χ4v) is 2.71. The minimum absolute atomic E-state index is 0.0380. The fraction of sp³-hybridized carbons (Fsp3) is 0.412. The number of carbonyl (C=O) groups excluding carboxylic acids is 1. The lowest BCUT2D eigenvalue weighted by Gasteiger charge is -2.12. The van der Waals surface area contributed by atoms with Gasteiger partial charge in [0.15, 0.2) is 0 Å². The summed E-state index contributed by atoms with van der Waals surface area (Å²) in [6, 6.07) is 7.84. The molecule has 2 heterocycles. The molecular weight excluding hydrogens is 292 g/mol. The first-order valence-electron chi connectivity index (χ1n) is 7.95. The Morgan fingerprint density at radius 3 is 3.13 bits per heavy atom. The van der Waals surface area contributed by atoms with Gasteiger partial charge in [-0.2, -0.15) is 5.10 Å². The number of aromatic nitrogens is 2. The Morgan fingerprint density at radius 2 is 2.39 bits per heavy atom. The normalized spacial score (nSPS) is 17.2. The molecule has 23 heavy (non-hydrogen) atoms. The van der Waals surface area contributed by atoms with Crippen molar-refractivity contribution in [2.75, 3.05) is 19.7 Å². The van der Waals surface area contributed by atoms with Crippen LogP contribution in [-0.4, -0.2) is 41.4 Å². The Balaban J connectivity index is 1.48. The number of nitrogens with one attached hydrogen (secondary N) is 2. The largest absolute Gasteiger partial charge is 0.492 e. The summed E-state index contributed by atoms with van der Waals surface area (Å²) >= 11 is 0. The van der Waals surface area contributed by atoms with E-state index in [4.69, 9.17) is 4.74 Å². The summed E-state index contributed by atoms with van der Waals surface area (Å²) < 4.78 is 7.50. The van der Waals surface area contributed by atoms with Crippen molar-refractivity contribution in [3.8, 4) is 16.9 Å². The van der Waals surface area contributed by atoms with E-state index >= 15 is 0 Å². The van der Waals surface area contributed by atoms with Crippen molar-refractivity contribution in [2.45, 2.75) is 18.9 Å². The molecule has 1 aromatic heterocycles. The lowest BCUT2D eigenvalue weighted by Crippen LogP contribution is -2.41. The van der Waals surface area contributed by atoms with Gasteiger partial charge in [-0.15, -0.1) is 0 Å². The predicted octanol–water partition coefficient (Wildman–Crippen LogP) is 1.33. The maximum atomic E-state index is 11.9. The summed E-state index contributed by atoms with van der Waals surface area (Å²) in [6.07, 6.45) is 5.78. The molecule has 0 aliphatic carbocycles. The number of benzene rings is 1. The maximum absolute atomic E-state index is 11.9. The third-order valence-corrected chi connectivity index (χ3v) is 3.92. The number of ether oxygens (including phenoxy) is 1. The van der Waals surface area contributed by atoms with Crippen LogP contribution in [0.4, 0.5) is 0 Å². The van der Waals surface area contributed by atoms with Gasteiger partial charge in [0, 0.05) is 18.8 Å². The van der Waals surface area contributed by atoms with Crippen molar-refractivity contribution in [2.24, 2.45) is 7.05 Å². The molecule has 2 N–H and O–H groups in total. The highest BCUT2D eigenvalue weighted by atomic mass is 16.5. The summed E-state index contributed by atoms with van der Waals surface area (Å²) in [6.45, 7) is 1.89. The van der Waals surface area contributed by atoms with E-state index in [-0.39, 0.29) is 11.9 Å². The highest BCUT2D eigenvalue weighted by molar-refractivity contribution is 5.81. The molecule has 2 aromatic rings. The zero-order valence-electron chi connectivity index (χ0n) is 13.3. The monoisotopic (exact) mass is 314 g/mol. The summed E-state index contributed by atoms with van der Waals surface area (Å²) in [7, 11) is 1.89. The van der Waals surface area contributed by atoms with Gasteiger partial charge in [-0.25, -0.2) is 0 Å². The van der Waals surface area contributed by atoms with Crippen LogP contribution in [0.3, 0.4) is 0 Å². The Hall–Kier alpha value is -2.34. The quantitative estimate of drug-likeness (QED) is 0.790. The van der Waals surface area contributed by atoms with Crippen LogP contribution in [0.15, 0.2) is 36.7 Å². The van der Waals surface area contributed by atoms with Gasteiger partial charge in [0.2, 0.25) is 5.91 Å². The van der Waals surface area contributed by atoms with E-state index < -0.39 is 0 Å². The first-order valence-corrected chi connectivity index (χ1v) is 7.95. The average Bonchev–Trinajstić information content (AvgIpc) is 3.23. The number of amides is 1. The van der Waals surface area contributed by atoms with Crippen molar-refractivity contribution in [3.05, 3.63) is 36.7 Å². The summed E-state index contributed by atoms with van der Waals surface area (Å²) in [5, 5.41) is 10.3. The first-order chi connectivity index (χ1) is 11.2. The number of carbonyl (C=O) groups is 1. The number of rotatable bonds is 6. The van der Waals surface area contributed by atoms with Crippen molar-refractivity contribution in [1.82, 2.24) is 20.4 Å². The molecule has 3 rings (SSSR count).